The van der Waals surface area contributed by atoms with Crippen molar-refractivity contribution in [2.24, 2.45) is 0 Å². The minimum Gasteiger partial charge on any atom is -0.459 e. The molecule has 0 fully saturated rings. The highest BCUT2D eigenvalue weighted by Gasteiger charge is 2.27. The first kappa shape index (κ1) is 17.8. The third-order valence-electron chi connectivity index (χ3n) is 2.11. The van der Waals surface area contributed by atoms with E-state index in [9.17, 15) is 4.79 Å². The molecule has 0 saturated carbocycles. The number of hydrogen-bond donors (Lipinski definition) is 2. The van der Waals surface area contributed by atoms with Crippen LogP contribution in [-0.2, 0) is 9.53 Å². The van der Waals surface area contributed by atoms with Gasteiger partial charge in [-0.1, -0.05) is 9.39 Å². The van der Waals surface area contributed by atoms with Gasteiger partial charge in [0.1, 0.15) is 11.6 Å². The van der Waals surface area contributed by atoms with E-state index in [1.54, 1.807) is 0 Å². The molecule has 5 heteroatoms. The molecular formula is C13H29N2O2P. The Morgan fingerprint density at radius 2 is 1.78 bits per heavy atom. The molecule has 108 valence electrons. The first-order valence-corrected chi connectivity index (χ1v) is 7.07. The Morgan fingerprint density at radius 1 is 1.22 bits per heavy atom. The smallest absolute Gasteiger partial charge is 0.323 e. The van der Waals surface area contributed by atoms with Crippen molar-refractivity contribution < 1.29 is 9.53 Å². The first-order valence-electron chi connectivity index (χ1n) is 6.49. The summed E-state index contributed by atoms with van der Waals surface area (Å²) in [6.07, 6.45) is 1.70. The van der Waals surface area contributed by atoms with Gasteiger partial charge in [-0.3, -0.25) is 10.1 Å². The van der Waals surface area contributed by atoms with Crippen LogP contribution in [0.2, 0.25) is 0 Å². The first-order chi connectivity index (χ1) is 8.05. The van der Waals surface area contributed by atoms with Gasteiger partial charge in [-0.2, -0.15) is 0 Å². The topological polar surface area (TPSA) is 50.4 Å². The molecule has 0 radical (unpaired) electrons. The number of rotatable bonds is 6. The Morgan fingerprint density at radius 3 is 2.17 bits per heavy atom. The van der Waals surface area contributed by atoms with E-state index in [0.29, 0.717) is 0 Å². The molecule has 0 aliphatic carbocycles. The molecule has 0 heterocycles. The van der Waals surface area contributed by atoms with Crippen molar-refractivity contribution in [3.05, 3.63) is 0 Å². The second kappa shape index (κ2) is 7.42. The highest BCUT2D eigenvalue weighted by molar-refractivity contribution is 7.13. The third-order valence-corrected chi connectivity index (χ3v) is 2.40. The molecule has 2 N–H and O–H groups in total. The third kappa shape index (κ3) is 9.81. The molecule has 0 amide bonds. The Balaban J connectivity index is 4.49. The molecule has 0 aliphatic heterocycles. The van der Waals surface area contributed by atoms with Crippen LogP contribution in [0.4, 0.5) is 0 Å². The Kier molecular flexibility index (Phi) is 7.34. The molecule has 2 atom stereocenters. The molecule has 0 aromatic rings. The van der Waals surface area contributed by atoms with E-state index in [4.69, 9.17) is 4.74 Å². The molecule has 0 aromatic heterocycles. The van der Waals surface area contributed by atoms with Crippen LogP contribution in [0.3, 0.4) is 0 Å². The fourth-order valence-electron chi connectivity index (χ4n) is 1.55. The number of hydrogen-bond acceptors (Lipinski definition) is 4. The molecule has 0 rings (SSSR count). The molecular weight excluding hydrogens is 247 g/mol. The van der Waals surface area contributed by atoms with Crippen LogP contribution in [-0.4, -0.2) is 29.7 Å². The number of nitrogens with one attached hydrogen (secondary N) is 2. The van der Waals surface area contributed by atoms with Crippen molar-refractivity contribution in [1.29, 1.82) is 0 Å². The zero-order valence-corrected chi connectivity index (χ0v) is 13.7. The van der Waals surface area contributed by atoms with Gasteiger partial charge < -0.3 is 9.82 Å². The van der Waals surface area contributed by atoms with Crippen LogP contribution in [0.5, 0.6) is 0 Å². The van der Waals surface area contributed by atoms with E-state index < -0.39 is 5.60 Å². The molecule has 0 bridgehead atoms. The molecule has 0 saturated heterocycles. The summed E-state index contributed by atoms with van der Waals surface area (Å²) in [4.78, 5) is 12.1. The second-order valence-electron chi connectivity index (χ2n) is 6.58. The average Bonchev–Trinajstić information content (AvgIpc) is 2.11. The van der Waals surface area contributed by atoms with E-state index >= 15 is 0 Å². The maximum Gasteiger partial charge on any atom is 0.323 e. The van der Waals surface area contributed by atoms with Crippen LogP contribution < -0.4 is 10.4 Å². The summed E-state index contributed by atoms with van der Waals surface area (Å²) in [5.41, 5.74) is -0.538. The minimum atomic E-state index is -0.437. The largest absolute Gasteiger partial charge is 0.459 e. The Hall–Kier alpha value is -0.180. The summed E-state index contributed by atoms with van der Waals surface area (Å²) >= 11 is 0. The van der Waals surface area contributed by atoms with Crippen molar-refractivity contribution in [2.75, 3.05) is 6.54 Å². The lowest BCUT2D eigenvalue weighted by atomic mass is 10.0. The van der Waals surface area contributed by atoms with Crippen LogP contribution in [0, 0.1) is 0 Å². The highest BCUT2D eigenvalue weighted by Crippen LogP contribution is 2.13. The highest BCUT2D eigenvalue weighted by atomic mass is 31.0. The summed E-state index contributed by atoms with van der Waals surface area (Å²) in [7, 11) is 2.47. The molecule has 18 heavy (non-hydrogen) atoms. The van der Waals surface area contributed by atoms with E-state index in [1.807, 2.05) is 20.8 Å². The maximum atomic E-state index is 12.1. The normalized spacial score (nSPS) is 14.4. The monoisotopic (exact) mass is 276 g/mol. The summed E-state index contributed by atoms with van der Waals surface area (Å²) in [5, 5.41) is 6.34. The van der Waals surface area contributed by atoms with Gasteiger partial charge in [0.25, 0.3) is 0 Å². The molecule has 0 spiro atoms. The molecule has 4 nitrogen and oxygen atoms in total. The van der Waals surface area contributed by atoms with Gasteiger partial charge in [0.05, 0.1) is 0 Å². The predicted molar refractivity (Wildman–Crippen MR) is 79.5 cm³/mol. The van der Waals surface area contributed by atoms with Gasteiger partial charge in [0, 0.05) is 5.54 Å². The van der Waals surface area contributed by atoms with Crippen molar-refractivity contribution >= 4 is 15.4 Å². The average molecular weight is 276 g/mol. The van der Waals surface area contributed by atoms with Crippen molar-refractivity contribution in [3.8, 4) is 0 Å². The van der Waals surface area contributed by atoms with Gasteiger partial charge >= 0.3 is 5.97 Å². The van der Waals surface area contributed by atoms with Gasteiger partial charge in [0.2, 0.25) is 0 Å². The lowest BCUT2D eigenvalue weighted by Gasteiger charge is -2.30. The maximum absolute atomic E-state index is 12.1. The fraction of sp³-hybridized carbons (Fsp3) is 0.923. The van der Waals surface area contributed by atoms with Crippen LogP contribution in [0.25, 0.3) is 0 Å². The standard InChI is InChI=1S/C13H29N2O2P/c1-12(2,3)15-10(8-7-9-14-18)11(16)17-13(4,5)6/h10,14-15H,7-9,18H2,1-6H3. The number of carbonyl (C=O) groups is 1. The summed E-state index contributed by atoms with van der Waals surface area (Å²) < 4.78 is 5.45. The minimum absolute atomic E-state index is 0.101. The zero-order chi connectivity index (χ0) is 14.4. The Bertz CT molecular complexity index is 257. The number of carbonyl (C=O) groups excluding carboxylic acids is 1. The van der Waals surface area contributed by atoms with Gasteiger partial charge in [0.15, 0.2) is 0 Å². The van der Waals surface area contributed by atoms with Crippen molar-refractivity contribution in [2.45, 2.75) is 71.6 Å². The van der Waals surface area contributed by atoms with Gasteiger partial charge in [-0.05, 0) is 60.9 Å². The van der Waals surface area contributed by atoms with E-state index in [0.717, 1.165) is 19.4 Å². The summed E-state index contributed by atoms with van der Waals surface area (Å²) in [5.74, 6) is -0.166. The quantitative estimate of drug-likeness (QED) is 0.444. The van der Waals surface area contributed by atoms with Crippen LogP contribution >= 0.6 is 9.39 Å². The van der Waals surface area contributed by atoms with E-state index in [2.05, 4.69) is 40.6 Å². The summed E-state index contributed by atoms with van der Waals surface area (Å²) in [6.45, 7) is 12.7. The van der Waals surface area contributed by atoms with Crippen molar-refractivity contribution in [1.82, 2.24) is 10.4 Å². The SMILES string of the molecule is CC(C)(C)NC(CCCNP)C(=O)OC(C)(C)C. The van der Waals surface area contributed by atoms with Gasteiger partial charge in [-0.15, -0.1) is 0 Å². The van der Waals surface area contributed by atoms with Crippen molar-refractivity contribution in [3.63, 3.8) is 0 Å². The van der Waals surface area contributed by atoms with Crippen LogP contribution in [0.15, 0.2) is 0 Å². The zero-order valence-electron chi connectivity index (χ0n) is 12.6. The van der Waals surface area contributed by atoms with Gasteiger partial charge in [-0.25, -0.2) is 0 Å². The predicted octanol–water partition coefficient (Wildman–Crippen LogP) is 2.24. The molecule has 2 unspecified atom stereocenters. The lowest BCUT2D eigenvalue weighted by Crippen LogP contribution is -2.49. The number of esters is 1. The molecule has 0 aromatic carbocycles. The Labute approximate surface area is 114 Å². The number of ether oxygens (including phenoxy) is 1. The second-order valence-corrected chi connectivity index (χ2v) is 6.98. The molecule has 0 aliphatic rings. The van der Waals surface area contributed by atoms with E-state index in [-0.39, 0.29) is 17.6 Å². The van der Waals surface area contributed by atoms with E-state index in [1.165, 1.54) is 0 Å². The summed E-state index contributed by atoms with van der Waals surface area (Å²) in [6, 6.07) is -0.248. The fourth-order valence-corrected chi connectivity index (χ4v) is 1.76. The lowest BCUT2D eigenvalue weighted by molar-refractivity contribution is -0.158. The van der Waals surface area contributed by atoms with Crippen LogP contribution in [0.1, 0.15) is 54.4 Å².